The van der Waals surface area contributed by atoms with Gasteiger partial charge in [0.2, 0.25) is 0 Å². The van der Waals surface area contributed by atoms with Crippen molar-refractivity contribution >= 4 is 17.6 Å². The summed E-state index contributed by atoms with van der Waals surface area (Å²) in [5.41, 5.74) is 1.46. The molecule has 3 rings (SSSR count). The van der Waals surface area contributed by atoms with Crippen molar-refractivity contribution in [3.63, 3.8) is 0 Å². The summed E-state index contributed by atoms with van der Waals surface area (Å²) in [4.78, 5) is 27.6. The summed E-state index contributed by atoms with van der Waals surface area (Å²) in [6.07, 6.45) is 0. The summed E-state index contributed by atoms with van der Waals surface area (Å²) in [6, 6.07) is 7.22. The zero-order valence-electron chi connectivity index (χ0n) is 12.0. The predicted molar refractivity (Wildman–Crippen MR) is 78.5 cm³/mol. The number of nitrogens with one attached hydrogen (secondary N) is 1. The van der Waals surface area contributed by atoms with E-state index in [9.17, 15) is 9.59 Å². The zero-order chi connectivity index (χ0) is 14.8. The zero-order valence-corrected chi connectivity index (χ0v) is 12.0. The van der Waals surface area contributed by atoms with Crippen LogP contribution < -0.4 is 10.2 Å². The van der Waals surface area contributed by atoms with E-state index >= 15 is 0 Å². The van der Waals surface area contributed by atoms with Gasteiger partial charge in [0.1, 0.15) is 0 Å². The Kier molecular flexibility index (Phi) is 3.79. The van der Waals surface area contributed by atoms with Crippen molar-refractivity contribution in [2.45, 2.75) is 13.0 Å². The van der Waals surface area contributed by atoms with Crippen molar-refractivity contribution in [2.75, 3.05) is 37.7 Å². The maximum absolute atomic E-state index is 12.5. The largest absolute Gasteiger partial charge is 0.377 e. The second-order valence-electron chi connectivity index (χ2n) is 5.35. The average molecular weight is 289 g/mol. The molecule has 1 aromatic carbocycles. The smallest absolute Gasteiger partial charge is 0.321 e. The summed E-state index contributed by atoms with van der Waals surface area (Å²) in [6.45, 7) is 5.09. The van der Waals surface area contributed by atoms with E-state index in [1.807, 2.05) is 24.0 Å². The Bertz CT molecular complexity index is 544. The SMILES string of the molecule is CC1COCCN1C(=O)c1ccc(N2CCNC2=O)cc1. The molecule has 2 fully saturated rings. The molecule has 1 aromatic rings. The van der Waals surface area contributed by atoms with Gasteiger partial charge in [-0.1, -0.05) is 0 Å². The third-order valence-electron chi connectivity index (χ3n) is 3.91. The van der Waals surface area contributed by atoms with Gasteiger partial charge in [0, 0.05) is 30.9 Å². The highest BCUT2D eigenvalue weighted by atomic mass is 16.5. The van der Waals surface area contributed by atoms with Crippen LogP contribution >= 0.6 is 0 Å². The first-order valence-corrected chi connectivity index (χ1v) is 7.21. The molecule has 6 nitrogen and oxygen atoms in total. The van der Waals surface area contributed by atoms with Gasteiger partial charge in [-0.3, -0.25) is 9.69 Å². The van der Waals surface area contributed by atoms with Gasteiger partial charge >= 0.3 is 6.03 Å². The number of carbonyl (C=O) groups excluding carboxylic acids is 2. The number of ether oxygens (including phenoxy) is 1. The second-order valence-corrected chi connectivity index (χ2v) is 5.35. The first-order valence-electron chi connectivity index (χ1n) is 7.21. The van der Waals surface area contributed by atoms with Gasteiger partial charge < -0.3 is 15.0 Å². The van der Waals surface area contributed by atoms with Gasteiger partial charge in [0.05, 0.1) is 19.3 Å². The molecule has 0 radical (unpaired) electrons. The van der Waals surface area contributed by atoms with Crippen molar-refractivity contribution in [1.82, 2.24) is 10.2 Å². The van der Waals surface area contributed by atoms with E-state index in [-0.39, 0.29) is 18.0 Å². The lowest BCUT2D eigenvalue weighted by Crippen LogP contribution is -2.47. The number of hydrogen-bond donors (Lipinski definition) is 1. The Balaban J connectivity index is 1.74. The van der Waals surface area contributed by atoms with Crippen LogP contribution in [0.15, 0.2) is 24.3 Å². The number of nitrogens with zero attached hydrogens (tertiary/aromatic N) is 2. The fourth-order valence-corrected chi connectivity index (χ4v) is 2.70. The van der Waals surface area contributed by atoms with Crippen molar-refractivity contribution < 1.29 is 14.3 Å². The van der Waals surface area contributed by atoms with Crippen LogP contribution in [0.2, 0.25) is 0 Å². The van der Waals surface area contributed by atoms with E-state index in [4.69, 9.17) is 4.74 Å². The van der Waals surface area contributed by atoms with Gasteiger partial charge in [-0.2, -0.15) is 0 Å². The molecule has 0 aromatic heterocycles. The molecular weight excluding hydrogens is 270 g/mol. The molecular formula is C15H19N3O3. The fraction of sp³-hybridized carbons (Fsp3) is 0.467. The van der Waals surface area contributed by atoms with Crippen molar-refractivity contribution in [3.8, 4) is 0 Å². The van der Waals surface area contributed by atoms with Crippen LogP contribution in [0.25, 0.3) is 0 Å². The highest BCUT2D eigenvalue weighted by Crippen LogP contribution is 2.19. The fourth-order valence-electron chi connectivity index (χ4n) is 2.70. The molecule has 6 heteroatoms. The van der Waals surface area contributed by atoms with Crippen LogP contribution in [0, 0.1) is 0 Å². The second kappa shape index (κ2) is 5.73. The summed E-state index contributed by atoms with van der Waals surface area (Å²) >= 11 is 0. The number of anilines is 1. The molecule has 112 valence electrons. The maximum Gasteiger partial charge on any atom is 0.321 e. The molecule has 0 aliphatic carbocycles. The predicted octanol–water partition coefficient (Wildman–Crippen LogP) is 1.08. The quantitative estimate of drug-likeness (QED) is 0.886. The number of amides is 3. The number of benzene rings is 1. The Morgan fingerprint density at radius 3 is 2.67 bits per heavy atom. The molecule has 1 atom stereocenters. The minimum Gasteiger partial charge on any atom is -0.377 e. The van der Waals surface area contributed by atoms with Crippen molar-refractivity contribution in [2.24, 2.45) is 0 Å². The van der Waals surface area contributed by atoms with E-state index in [0.717, 1.165) is 5.69 Å². The molecule has 0 spiro atoms. The third kappa shape index (κ3) is 2.71. The van der Waals surface area contributed by atoms with Crippen LogP contribution in [-0.2, 0) is 4.74 Å². The Morgan fingerprint density at radius 2 is 2.05 bits per heavy atom. The molecule has 2 aliphatic heterocycles. The van der Waals surface area contributed by atoms with Gasteiger partial charge in [-0.15, -0.1) is 0 Å². The molecule has 2 heterocycles. The van der Waals surface area contributed by atoms with E-state index < -0.39 is 0 Å². The van der Waals surface area contributed by atoms with Crippen LogP contribution in [0.1, 0.15) is 17.3 Å². The topological polar surface area (TPSA) is 61.9 Å². The number of rotatable bonds is 2. The lowest BCUT2D eigenvalue weighted by Gasteiger charge is -2.33. The lowest BCUT2D eigenvalue weighted by molar-refractivity contribution is 0.00359. The average Bonchev–Trinajstić information content (AvgIpc) is 2.93. The molecule has 3 amide bonds. The molecule has 1 unspecified atom stereocenters. The standard InChI is InChI=1S/C15H19N3O3/c1-11-10-21-9-8-17(11)14(19)12-2-4-13(5-3-12)18-7-6-16-15(18)20/h2-5,11H,6-10H2,1H3,(H,16,20). The number of morpholine rings is 1. The summed E-state index contributed by atoms with van der Waals surface area (Å²) in [7, 11) is 0. The minimum atomic E-state index is -0.0871. The van der Waals surface area contributed by atoms with Crippen molar-refractivity contribution in [1.29, 1.82) is 0 Å². The normalized spacial score (nSPS) is 22.3. The Morgan fingerprint density at radius 1 is 1.29 bits per heavy atom. The summed E-state index contributed by atoms with van der Waals surface area (Å²) in [5.74, 6) is 0.0169. The Labute approximate surface area is 123 Å². The minimum absolute atomic E-state index is 0.0169. The monoisotopic (exact) mass is 289 g/mol. The van der Waals surface area contributed by atoms with E-state index in [1.165, 1.54) is 0 Å². The molecule has 2 aliphatic rings. The van der Waals surface area contributed by atoms with Crippen LogP contribution in [-0.4, -0.2) is 55.7 Å². The maximum atomic E-state index is 12.5. The third-order valence-corrected chi connectivity index (χ3v) is 3.91. The van der Waals surface area contributed by atoms with E-state index in [1.54, 1.807) is 17.0 Å². The van der Waals surface area contributed by atoms with Crippen LogP contribution in [0.3, 0.4) is 0 Å². The molecule has 0 saturated carbocycles. The first-order chi connectivity index (χ1) is 10.2. The Hall–Kier alpha value is -2.08. The molecule has 1 N–H and O–H groups in total. The molecule has 2 saturated heterocycles. The highest BCUT2D eigenvalue weighted by Gasteiger charge is 2.25. The number of urea groups is 1. The van der Waals surface area contributed by atoms with Gasteiger partial charge in [0.25, 0.3) is 5.91 Å². The van der Waals surface area contributed by atoms with E-state index in [2.05, 4.69) is 5.32 Å². The van der Waals surface area contributed by atoms with Gasteiger partial charge in [-0.05, 0) is 31.2 Å². The summed E-state index contributed by atoms with van der Waals surface area (Å²) < 4.78 is 5.35. The number of hydrogen-bond acceptors (Lipinski definition) is 3. The molecule has 21 heavy (non-hydrogen) atoms. The van der Waals surface area contributed by atoms with E-state index in [0.29, 0.717) is 38.4 Å². The van der Waals surface area contributed by atoms with Gasteiger partial charge in [0.15, 0.2) is 0 Å². The summed E-state index contributed by atoms with van der Waals surface area (Å²) in [5, 5.41) is 2.76. The van der Waals surface area contributed by atoms with Crippen LogP contribution in [0.4, 0.5) is 10.5 Å². The van der Waals surface area contributed by atoms with Gasteiger partial charge in [-0.25, -0.2) is 4.79 Å². The highest BCUT2D eigenvalue weighted by molar-refractivity contribution is 5.97. The first kappa shape index (κ1) is 13.9. The lowest BCUT2D eigenvalue weighted by atomic mass is 10.1. The van der Waals surface area contributed by atoms with Crippen molar-refractivity contribution in [3.05, 3.63) is 29.8 Å². The number of carbonyl (C=O) groups is 2. The van der Waals surface area contributed by atoms with Crippen LogP contribution in [0.5, 0.6) is 0 Å². The molecule has 0 bridgehead atoms.